The molecule has 0 aliphatic carbocycles. The van der Waals surface area contributed by atoms with Crippen LogP contribution >= 0.6 is 0 Å². The van der Waals surface area contributed by atoms with Crippen molar-refractivity contribution in [2.75, 3.05) is 39.6 Å². The molecule has 0 aromatic rings. The fraction of sp³-hybridized carbons (Fsp3) is 1.00. The highest BCUT2D eigenvalue weighted by atomic mass is 28.6. The van der Waals surface area contributed by atoms with Crippen molar-refractivity contribution in [1.29, 1.82) is 0 Å². The number of ether oxygens (including phenoxy) is 2. The van der Waals surface area contributed by atoms with Crippen LogP contribution in [0.3, 0.4) is 0 Å². The van der Waals surface area contributed by atoms with Gasteiger partial charge in [-0.3, -0.25) is 0 Å². The molecular weight excluding hydrogens is 1800 g/mol. The molecule has 0 heterocycles. The van der Waals surface area contributed by atoms with Crippen LogP contribution in [0.4, 0.5) is 0 Å². The van der Waals surface area contributed by atoms with E-state index in [4.69, 9.17) is 114 Å². The van der Waals surface area contributed by atoms with Crippen LogP contribution in [-0.2, 0) is 104 Å². The lowest BCUT2D eigenvalue weighted by atomic mass is 10.5. The lowest BCUT2D eigenvalue weighted by Crippen LogP contribution is -2.63. The van der Waals surface area contributed by atoms with Gasteiger partial charge in [-0.2, -0.15) is 0 Å². The van der Waals surface area contributed by atoms with Gasteiger partial charge in [-0.1, -0.05) is 0 Å². The maximum Gasteiger partial charge on any atom is 0.314 e. The van der Waals surface area contributed by atoms with Gasteiger partial charge in [0.05, 0.1) is 26.4 Å². The van der Waals surface area contributed by atoms with Crippen molar-refractivity contribution < 1.29 is 114 Å². The summed E-state index contributed by atoms with van der Waals surface area (Å²) in [5.41, 5.74) is 0. The van der Waals surface area contributed by atoms with E-state index in [1.54, 1.807) is 0 Å². The number of hydrogen-bond acceptors (Lipinski definition) is 27. The van der Waals surface area contributed by atoms with Gasteiger partial charge in [0.25, 0.3) is 0 Å². The van der Waals surface area contributed by atoms with Crippen LogP contribution in [0.15, 0.2) is 0 Å². The molecule has 0 rings (SSSR count). The lowest BCUT2D eigenvalue weighted by molar-refractivity contribution is 0.0923. The normalized spacial score (nSPS) is 15.8. The summed E-state index contributed by atoms with van der Waals surface area (Å²) in [5.74, 6) is 0. The van der Waals surface area contributed by atoms with E-state index >= 15 is 0 Å². The largest absolute Gasteiger partial charge is 0.436 e. The summed E-state index contributed by atoms with van der Waals surface area (Å²) in [6.07, 6.45) is 1.75. The minimum absolute atomic E-state index is 0.0251. The molecule has 0 aromatic carbocycles. The minimum Gasteiger partial charge on any atom is -0.436 e. The SMILES string of the molecule is C[Si](C)(CCCOCCO)O[Si](C)(C)O[Si](C)(C)O[Si](C)(C)O[Si](C)(C)O[Si](C)(C)O[Si](C)(C)O[Si](C)(C)O[Si](C)(C)O[Si](C)(C)O[Si](C)(C)O[Si](C)(C)O[Si](C)(C)O[Si](C)(C)O[Si](C)(C)O[Si](C)(C)O[Si](C)(C)O[Si](C)(C)O[Si](C)(C)O[Si](C)(C)O[Si](C)(C)O[Si](C)(C)O[Si](C)(C)O[Si](C)(C)CCCOCCO. The Hall–Kier alpha value is 4.13. The van der Waals surface area contributed by atoms with E-state index in [0.29, 0.717) is 26.4 Å². The first-order valence-corrected chi connectivity index (χ1v) is 107. The van der Waals surface area contributed by atoms with Crippen molar-refractivity contribution in [2.24, 2.45) is 0 Å². The van der Waals surface area contributed by atoms with E-state index in [1.165, 1.54) is 0 Å². The van der Waals surface area contributed by atoms with Crippen molar-refractivity contribution in [3.8, 4) is 0 Å². The Labute approximate surface area is 692 Å². The standard InChI is InChI=1S/C58H166O27Si24/c1-86(2,57-49-53-61-55-51-59)63-88(5,6)65-90(9,10)67-92(13,14)69-94(17,18)71-96(21,22)73-98(25,26)75-100(29,30)77-102(33,34)79-104(37,38)81-106(41,42)83-108(45,46)85-109(47,48)84-107(43,44)82-105(39,40)80-103(35,36)78-101(31,32)76-99(27,28)74-97(23,24)72-95(19,20)70-93(15,16)68-91(11,12)66-89(7,8)64-87(3,4)58-50-54-62-56-52-60/h59-60H,49-58H2,1-48H3. The monoisotopic (exact) mass is 1970 g/mol. The summed E-state index contributed by atoms with van der Waals surface area (Å²) in [7, 11) is -66.6. The van der Waals surface area contributed by atoms with Gasteiger partial charge in [0.15, 0.2) is 16.6 Å². The van der Waals surface area contributed by atoms with Crippen molar-refractivity contribution in [3.05, 3.63) is 0 Å². The Bertz CT molecular complexity index is 2560. The average Bonchev–Trinajstić information content (AvgIpc) is 0.804. The highest BCUT2D eigenvalue weighted by molar-refractivity contribution is 6.97. The molecule has 0 radical (unpaired) electrons. The summed E-state index contributed by atoms with van der Waals surface area (Å²) in [5, 5.41) is 18.1. The summed E-state index contributed by atoms with van der Waals surface area (Å²) >= 11 is 0. The first-order valence-electron chi connectivity index (χ1n) is 38.9. The molecule has 109 heavy (non-hydrogen) atoms. The second-order valence-corrected chi connectivity index (χ2v) is 128. The molecule has 0 aromatic heterocycles. The van der Waals surface area contributed by atoms with Gasteiger partial charge < -0.3 is 114 Å². The van der Waals surface area contributed by atoms with E-state index in [2.05, 4.69) is 314 Å². The molecule has 0 spiro atoms. The van der Waals surface area contributed by atoms with E-state index in [9.17, 15) is 0 Å². The predicted octanol–water partition coefficient (Wildman–Crippen LogP) is 18.0. The van der Waals surface area contributed by atoms with Crippen LogP contribution < -0.4 is 0 Å². The Morgan fingerprint density at radius 2 is 0.229 bits per heavy atom. The average molecular weight is 1970 g/mol. The molecule has 27 nitrogen and oxygen atoms in total. The molecule has 0 bridgehead atoms. The molecule has 0 saturated carbocycles. The molecule has 0 aliphatic rings. The quantitative estimate of drug-likeness (QED) is 0.0423. The predicted molar refractivity (Wildman–Crippen MR) is 499 cm³/mol. The summed E-state index contributed by atoms with van der Waals surface area (Å²) < 4.78 is 171. The van der Waals surface area contributed by atoms with Crippen molar-refractivity contribution in [2.45, 2.75) is 339 Å². The maximum absolute atomic E-state index is 9.07. The van der Waals surface area contributed by atoms with Crippen LogP contribution in [0.5, 0.6) is 0 Å². The fourth-order valence-electron chi connectivity index (χ4n) is 15.9. The zero-order chi connectivity index (χ0) is 86.7. The Balaban J connectivity index is 5.87. The Morgan fingerprint density at radius 1 is 0.138 bits per heavy atom. The second kappa shape index (κ2) is 41.3. The number of rotatable bonds is 58. The third-order valence-corrected chi connectivity index (χ3v) is 108. The summed E-state index contributed by atoms with van der Waals surface area (Å²) in [6, 6.07) is 1.87. The second-order valence-electron chi connectivity index (χ2n) is 39.5. The van der Waals surface area contributed by atoms with Crippen LogP contribution in [-0.4, -0.2) is 255 Å². The lowest BCUT2D eigenvalue weighted by Gasteiger charge is -2.45. The molecule has 656 valence electrons. The van der Waals surface area contributed by atoms with Gasteiger partial charge in [-0.25, -0.2) is 0 Å². The zero-order valence-electron chi connectivity index (χ0n) is 78.2. The van der Waals surface area contributed by atoms with Gasteiger partial charge in [0, 0.05) is 13.2 Å². The molecule has 51 heteroatoms. The first-order chi connectivity index (χ1) is 47.4. The van der Waals surface area contributed by atoms with Crippen molar-refractivity contribution in [1.82, 2.24) is 0 Å². The molecule has 0 amide bonds. The number of aliphatic hydroxyl groups excluding tert-OH is 2. The Morgan fingerprint density at radius 3 is 0.321 bits per heavy atom. The zero-order valence-corrected chi connectivity index (χ0v) is 102. The highest BCUT2D eigenvalue weighted by Gasteiger charge is 2.56. The van der Waals surface area contributed by atoms with Crippen molar-refractivity contribution >= 4 is 205 Å². The summed E-state index contributed by atoms with van der Waals surface area (Å²) in [6.45, 7) is 101. The topological polar surface area (TPSA) is 271 Å². The molecule has 0 fully saturated rings. The molecule has 0 aliphatic heterocycles. The highest BCUT2D eigenvalue weighted by Crippen LogP contribution is 2.37. The van der Waals surface area contributed by atoms with Gasteiger partial charge in [0.1, 0.15) is 0 Å². The van der Waals surface area contributed by atoms with Crippen LogP contribution in [0.25, 0.3) is 0 Å². The number of aliphatic hydroxyl groups is 2. The van der Waals surface area contributed by atoms with Crippen LogP contribution in [0, 0.1) is 0 Å². The van der Waals surface area contributed by atoms with Gasteiger partial charge >= 0.3 is 188 Å². The molecule has 2 N–H and O–H groups in total. The smallest absolute Gasteiger partial charge is 0.314 e. The van der Waals surface area contributed by atoms with Gasteiger partial charge in [0.2, 0.25) is 0 Å². The van der Waals surface area contributed by atoms with E-state index in [0.717, 1.165) is 24.9 Å². The van der Waals surface area contributed by atoms with Crippen molar-refractivity contribution in [3.63, 3.8) is 0 Å². The molecule has 0 saturated heterocycles. The first kappa shape index (κ1) is 113. The molecule has 0 atom stereocenters. The maximum atomic E-state index is 9.07. The van der Waals surface area contributed by atoms with E-state index in [1.807, 2.05) is 0 Å². The van der Waals surface area contributed by atoms with Crippen LogP contribution in [0.2, 0.25) is 326 Å². The minimum atomic E-state index is -2.92. The third kappa shape index (κ3) is 54.4. The molecular formula is C58H166O27Si24. The number of hydrogen-bond donors (Lipinski definition) is 2. The summed E-state index contributed by atoms with van der Waals surface area (Å²) in [4.78, 5) is 0. The van der Waals surface area contributed by atoms with Gasteiger partial charge in [-0.15, -0.1) is 0 Å². The molecule has 0 unspecified atom stereocenters. The Kier molecular flexibility index (Phi) is 42.9. The van der Waals surface area contributed by atoms with E-state index in [-0.39, 0.29) is 13.2 Å². The van der Waals surface area contributed by atoms with Gasteiger partial charge in [-0.05, 0) is 339 Å². The van der Waals surface area contributed by atoms with Crippen LogP contribution in [0.1, 0.15) is 12.8 Å². The fourth-order valence-corrected chi connectivity index (χ4v) is 141. The van der Waals surface area contributed by atoms with E-state index < -0.39 is 205 Å². The third-order valence-electron chi connectivity index (χ3n) is 14.0.